The van der Waals surface area contributed by atoms with E-state index in [1.54, 1.807) is 0 Å². The second-order valence-electron chi connectivity index (χ2n) is 12.6. The summed E-state index contributed by atoms with van der Waals surface area (Å²) in [5.74, 6) is -2.84. The molecule has 9 nitrogen and oxygen atoms in total. The highest BCUT2D eigenvalue weighted by Gasteiger charge is 2.48. The predicted molar refractivity (Wildman–Crippen MR) is 162 cm³/mol. The highest BCUT2D eigenvalue weighted by molar-refractivity contribution is 6.74. The first kappa shape index (κ1) is 34.1. The van der Waals surface area contributed by atoms with Crippen LogP contribution in [0.1, 0.15) is 66.8 Å². The largest absolute Gasteiger partial charge is 0.465 e. The minimum atomic E-state index is -2.62. The van der Waals surface area contributed by atoms with Gasteiger partial charge in [0.15, 0.2) is 8.32 Å². The number of likely N-dealkylation sites (tertiary alicyclic amines) is 1. The molecule has 43 heavy (non-hydrogen) atoms. The zero-order valence-electron chi connectivity index (χ0n) is 25.7. The lowest BCUT2D eigenvalue weighted by atomic mass is 9.94. The Morgan fingerprint density at radius 3 is 2.30 bits per heavy atom. The summed E-state index contributed by atoms with van der Waals surface area (Å²) in [5, 5.41) is 12.9. The zero-order chi connectivity index (χ0) is 32.1. The number of benzene rings is 2. The van der Waals surface area contributed by atoms with Crippen molar-refractivity contribution in [1.82, 2.24) is 10.2 Å². The molecule has 1 aliphatic rings. The van der Waals surface area contributed by atoms with Gasteiger partial charge in [-0.1, -0.05) is 33.8 Å². The molecule has 0 aromatic heterocycles. The third-order valence-electron chi connectivity index (χ3n) is 8.22. The molecule has 1 heterocycles. The number of rotatable bonds is 12. The van der Waals surface area contributed by atoms with Gasteiger partial charge in [0.25, 0.3) is 5.91 Å². The van der Waals surface area contributed by atoms with Crippen LogP contribution in [0.2, 0.25) is 18.1 Å². The molecule has 1 saturated heterocycles. The molecule has 4 atom stereocenters. The molecule has 0 aliphatic carbocycles. The van der Waals surface area contributed by atoms with Gasteiger partial charge < -0.3 is 30.2 Å². The Bertz CT molecular complexity index is 1300. The molecule has 0 bridgehead atoms. The molecule has 2 unspecified atom stereocenters. The first-order valence-electron chi connectivity index (χ1n) is 14.5. The van der Waals surface area contributed by atoms with Crippen LogP contribution in [0, 0.1) is 11.6 Å². The van der Waals surface area contributed by atoms with Crippen molar-refractivity contribution in [3.8, 4) is 0 Å². The summed E-state index contributed by atoms with van der Waals surface area (Å²) >= 11 is 0. The number of amides is 3. The van der Waals surface area contributed by atoms with E-state index in [1.807, 2.05) is 40.8 Å². The second-order valence-corrected chi connectivity index (χ2v) is 17.3. The molecular weight excluding hydrogens is 576 g/mol. The lowest BCUT2D eigenvalue weighted by molar-refractivity contribution is 0.0469. The van der Waals surface area contributed by atoms with E-state index in [9.17, 15) is 28.3 Å². The van der Waals surface area contributed by atoms with E-state index in [-0.39, 0.29) is 40.8 Å². The smallest absolute Gasteiger partial charge is 0.407 e. The van der Waals surface area contributed by atoms with E-state index < -0.39 is 56.0 Å². The van der Waals surface area contributed by atoms with Crippen molar-refractivity contribution in [2.75, 3.05) is 13.2 Å². The number of carboxylic acid groups (broad SMARTS) is 1. The Morgan fingerprint density at radius 2 is 1.74 bits per heavy atom. The average Bonchev–Trinajstić information content (AvgIpc) is 3.33. The third kappa shape index (κ3) is 8.83. The molecule has 1 fully saturated rings. The minimum absolute atomic E-state index is 0.0559. The zero-order valence-corrected chi connectivity index (χ0v) is 26.7. The maximum atomic E-state index is 14.3. The van der Waals surface area contributed by atoms with Crippen LogP contribution in [0.4, 0.5) is 13.6 Å². The summed E-state index contributed by atoms with van der Waals surface area (Å²) in [6, 6.07) is 7.34. The number of nitrogens with one attached hydrogen (secondary N) is 1. The molecule has 0 spiro atoms. The Balaban J connectivity index is 2.13. The number of hydrogen-bond acceptors (Lipinski definition) is 5. The molecule has 2 aromatic rings. The third-order valence-corrected chi connectivity index (χ3v) is 12.7. The standard InChI is InChI=1S/C31H43F2N3O6Si/c1-7-11-41-24-17-26(36(18-24)30(39)40)27(42-43(5,6)31(2,3)4)25(14-19-12-22(32)16-23(33)13-19)35-29(38)21-10-8-9-20(15-21)28(34)37/h8-10,12-13,15-16,24-27H,7,11,14,17-18H2,1-6H3,(H2,34,37)(H,35,38)(H,39,40)/t24?,25-,26?,27-/m0/s1. The number of carbonyl (C=O) groups excluding carboxylic acids is 2. The topological polar surface area (TPSA) is 131 Å². The van der Waals surface area contributed by atoms with Crippen LogP contribution in [0.15, 0.2) is 42.5 Å². The van der Waals surface area contributed by atoms with Gasteiger partial charge in [-0.25, -0.2) is 13.6 Å². The number of carbonyl (C=O) groups is 3. The average molecular weight is 620 g/mol. The van der Waals surface area contributed by atoms with E-state index >= 15 is 0 Å². The first-order valence-corrected chi connectivity index (χ1v) is 17.4. The normalized spacial score (nSPS) is 18.7. The summed E-state index contributed by atoms with van der Waals surface area (Å²) in [6.45, 7) is 12.7. The van der Waals surface area contributed by atoms with Gasteiger partial charge in [-0.05, 0) is 73.3 Å². The number of nitrogens with two attached hydrogens (primary N) is 1. The number of nitrogens with zero attached hydrogens (tertiary/aromatic N) is 1. The number of hydrogen-bond donors (Lipinski definition) is 3. The summed E-state index contributed by atoms with van der Waals surface area (Å²) in [4.78, 5) is 39.2. The van der Waals surface area contributed by atoms with Crippen molar-refractivity contribution in [3.63, 3.8) is 0 Å². The monoisotopic (exact) mass is 619 g/mol. The van der Waals surface area contributed by atoms with E-state index in [2.05, 4.69) is 5.32 Å². The van der Waals surface area contributed by atoms with E-state index in [0.717, 1.165) is 12.5 Å². The van der Waals surface area contributed by atoms with Crippen LogP contribution in [-0.4, -0.2) is 73.7 Å². The lowest BCUT2D eigenvalue weighted by Crippen LogP contribution is -2.59. The molecule has 12 heteroatoms. The van der Waals surface area contributed by atoms with Crippen LogP contribution < -0.4 is 11.1 Å². The molecule has 2 aromatic carbocycles. The van der Waals surface area contributed by atoms with Gasteiger partial charge >= 0.3 is 6.09 Å². The van der Waals surface area contributed by atoms with E-state index in [4.69, 9.17) is 14.9 Å². The van der Waals surface area contributed by atoms with Gasteiger partial charge in [0.05, 0.1) is 30.8 Å². The molecule has 236 valence electrons. The van der Waals surface area contributed by atoms with Crippen LogP contribution >= 0.6 is 0 Å². The number of halogens is 2. The molecule has 0 radical (unpaired) electrons. The van der Waals surface area contributed by atoms with Gasteiger partial charge in [-0.3, -0.25) is 9.59 Å². The SMILES string of the molecule is CCCOC1CC([C@@H](O[Si](C)(C)C(C)(C)C)[C@H](Cc2cc(F)cc(F)c2)NC(=O)c2cccc(C(N)=O)c2)N(C(=O)O)C1. The number of ether oxygens (including phenoxy) is 1. The van der Waals surface area contributed by atoms with Gasteiger partial charge in [-0.2, -0.15) is 0 Å². The molecule has 3 amide bonds. The Morgan fingerprint density at radius 1 is 1.12 bits per heavy atom. The number of primary amides is 1. The predicted octanol–water partition coefficient (Wildman–Crippen LogP) is 5.34. The molecule has 3 rings (SSSR count). The van der Waals surface area contributed by atoms with Crippen molar-refractivity contribution in [2.24, 2.45) is 5.73 Å². The first-order chi connectivity index (χ1) is 20.0. The maximum Gasteiger partial charge on any atom is 0.407 e. The highest BCUT2D eigenvalue weighted by atomic mass is 28.4. The fourth-order valence-corrected chi connectivity index (χ4v) is 6.36. The Labute approximate surface area is 252 Å². The minimum Gasteiger partial charge on any atom is -0.465 e. The summed E-state index contributed by atoms with van der Waals surface area (Å²) in [5.41, 5.74) is 5.95. The quantitative estimate of drug-likeness (QED) is 0.275. The van der Waals surface area contributed by atoms with E-state index in [1.165, 1.54) is 41.3 Å². The van der Waals surface area contributed by atoms with Crippen LogP contribution in [0.25, 0.3) is 0 Å². The van der Waals surface area contributed by atoms with Gasteiger partial charge in [-0.15, -0.1) is 0 Å². The Kier molecular flexibility index (Phi) is 11.1. The van der Waals surface area contributed by atoms with Gasteiger partial charge in [0.2, 0.25) is 5.91 Å². The molecular formula is C31H43F2N3O6Si. The fourth-order valence-electron chi connectivity index (χ4n) is 5.01. The van der Waals surface area contributed by atoms with Crippen molar-refractivity contribution in [3.05, 3.63) is 70.8 Å². The highest BCUT2D eigenvalue weighted by Crippen LogP contribution is 2.40. The fraction of sp³-hybridized carbons (Fsp3) is 0.516. The van der Waals surface area contributed by atoms with Crippen molar-refractivity contribution in [2.45, 2.75) is 89.4 Å². The summed E-state index contributed by atoms with van der Waals surface area (Å²) < 4.78 is 41.5. The van der Waals surface area contributed by atoms with Crippen molar-refractivity contribution < 1.29 is 37.4 Å². The summed E-state index contributed by atoms with van der Waals surface area (Å²) in [6.07, 6.45) is -1.44. The van der Waals surface area contributed by atoms with Crippen LogP contribution in [-0.2, 0) is 15.6 Å². The van der Waals surface area contributed by atoms with Gasteiger partial charge in [0, 0.05) is 23.8 Å². The molecule has 0 saturated carbocycles. The summed E-state index contributed by atoms with van der Waals surface area (Å²) in [7, 11) is -2.62. The second kappa shape index (κ2) is 14.0. The van der Waals surface area contributed by atoms with Gasteiger partial charge in [0.1, 0.15) is 11.6 Å². The molecule has 1 aliphatic heterocycles. The van der Waals surface area contributed by atoms with Crippen molar-refractivity contribution in [1.29, 1.82) is 0 Å². The maximum absolute atomic E-state index is 14.3. The lowest BCUT2D eigenvalue weighted by Gasteiger charge is -2.44. The Hall–Kier alpha value is -3.35. The van der Waals surface area contributed by atoms with Crippen LogP contribution in [0.5, 0.6) is 0 Å². The van der Waals surface area contributed by atoms with Crippen molar-refractivity contribution >= 4 is 26.2 Å². The van der Waals surface area contributed by atoms with Crippen LogP contribution in [0.3, 0.4) is 0 Å². The molecule has 4 N–H and O–H groups in total. The van der Waals surface area contributed by atoms with E-state index in [0.29, 0.717) is 13.0 Å².